The third-order valence-electron chi connectivity index (χ3n) is 5.31. The minimum atomic E-state index is -0.442. The number of nitrogens with zero attached hydrogens (tertiary/aromatic N) is 4. The van der Waals surface area contributed by atoms with E-state index in [1.807, 2.05) is 24.3 Å². The van der Waals surface area contributed by atoms with Gasteiger partial charge in [0.05, 0.1) is 34.4 Å². The molecule has 0 spiro atoms. The van der Waals surface area contributed by atoms with Crippen LogP contribution in [0.5, 0.6) is 0 Å². The highest BCUT2D eigenvalue weighted by molar-refractivity contribution is 5.93. The molecule has 2 aromatic rings. The van der Waals surface area contributed by atoms with Crippen molar-refractivity contribution < 1.29 is 9.72 Å². The van der Waals surface area contributed by atoms with Crippen molar-refractivity contribution in [3.8, 4) is 6.07 Å². The smallest absolute Gasteiger partial charge is 0.274 e. The van der Waals surface area contributed by atoms with Gasteiger partial charge in [-0.05, 0) is 50.2 Å². The molecule has 8 heteroatoms. The number of nitrogens with one attached hydrogen (secondary N) is 1. The summed E-state index contributed by atoms with van der Waals surface area (Å²) in [5.41, 5.74) is 2.76. The summed E-state index contributed by atoms with van der Waals surface area (Å²) in [4.78, 5) is 27.6. The second-order valence-electron chi connectivity index (χ2n) is 7.47. The first-order valence-electron chi connectivity index (χ1n) is 9.94. The molecular weight excluding hydrogens is 382 g/mol. The van der Waals surface area contributed by atoms with E-state index in [0.717, 1.165) is 39.1 Å². The van der Waals surface area contributed by atoms with E-state index in [1.54, 1.807) is 19.1 Å². The Balaban J connectivity index is 1.52. The zero-order valence-corrected chi connectivity index (χ0v) is 17.0. The minimum absolute atomic E-state index is 0.000942. The summed E-state index contributed by atoms with van der Waals surface area (Å²) in [7, 11) is 0. The zero-order chi connectivity index (χ0) is 21.5. The number of hydrogen-bond acceptors (Lipinski definition) is 6. The van der Waals surface area contributed by atoms with Crippen LogP contribution in [0.15, 0.2) is 42.5 Å². The van der Waals surface area contributed by atoms with Gasteiger partial charge in [-0.15, -0.1) is 0 Å². The number of benzene rings is 2. The average Bonchev–Trinajstić information content (AvgIpc) is 2.95. The molecule has 1 fully saturated rings. The van der Waals surface area contributed by atoms with Crippen LogP contribution in [0.25, 0.3) is 0 Å². The van der Waals surface area contributed by atoms with Gasteiger partial charge in [0.15, 0.2) is 0 Å². The third-order valence-corrected chi connectivity index (χ3v) is 5.31. The van der Waals surface area contributed by atoms with Gasteiger partial charge in [0.1, 0.15) is 0 Å². The number of nitro benzene ring substituents is 1. The van der Waals surface area contributed by atoms with Crippen LogP contribution in [0.3, 0.4) is 0 Å². The Hall–Kier alpha value is -3.28. The molecule has 0 saturated carbocycles. The van der Waals surface area contributed by atoms with Gasteiger partial charge in [-0.1, -0.05) is 18.2 Å². The molecule has 0 unspecified atom stereocenters. The number of amides is 1. The summed E-state index contributed by atoms with van der Waals surface area (Å²) in [6.45, 7) is 6.11. The van der Waals surface area contributed by atoms with E-state index in [9.17, 15) is 14.9 Å². The van der Waals surface area contributed by atoms with Crippen molar-refractivity contribution in [3.63, 3.8) is 0 Å². The van der Waals surface area contributed by atoms with Gasteiger partial charge >= 0.3 is 0 Å². The molecule has 3 rings (SSSR count). The third kappa shape index (κ3) is 5.63. The molecule has 1 aliphatic heterocycles. The van der Waals surface area contributed by atoms with Crippen LogP contribution in [0.2, 0.25) is 0 Å². The molecule has 156 valence electrons. The van der Waals surface area contributed by atoms with Crippen molar-refractivity contribution in [2.24, 2.45) is 0 Å². The molecule has 0 radical (unpaired) electrons. The monoisotopic (exact) mass is 407 g/mol. The summed E-state index contributed by atoms with van der Waals surface area (Å²) >= 11 is 0. The number of carbonyl (C=O) groups excluding carboxylic acids is 1. The lowest BCUT2D eigenvalue weighted by Gasteiger charge is -2.21. The van der Waals surface area contributed by atoms with Gasteiger partial charge in [-0.2, -0.15) is 5.26 Å². The van der Waals surface area contributed by atoms with Gasteiger partial charge in [0.2, 0.25) is 5.91 Å². The number of anilines is 1. The molecule has 1 heterocycles. The first kappa shape index (κ1) is 21.4. The van der Waals surface area contributed by atoms with Gasteiger partial charge < -0.3 is 5.32 Å². The number of nitriles is 1. The van der Waals surface area contributed by atoms with Gasteiger partial charge in [0.25, 0.3) is 5.69 Å². The van der Waals surface area contributed by atoms with Gasteiger partial charge in [-0.25, -0.2) is 0 Å². The van der Waals surface area contributed by atoms with E-state index in [2.05, 4.69) is 21.2 Å². The predicted octanol–water partition coefficient (Wildman–Crippen LogP) is 2.92. The van der Waals surface area contributed by atoms with Crippen LogP contribution in [-0.2, 0) is 11.3 Å². The first-order valence-corrected chi connectivity index (χ1v) is 9.94. The van der Waals surface area contributed by atoms with Crippen LogP contribution in [0.1, 0.15) is 23.1 Å². The van der Waals surface area contributed by atoms with Crippen molar-refractivity contribution in [3.05, 3.63) is 69.3 Å². The number of rotatable bonds is 6. The quantitative estimate of drug-likeness (QED) is 0.583. The summed E-state index contributed by atoms with van der Waals surface area (Å²) in [6, 6.07) is 14.5. The highest BCUT2D eigenvalue weighted by atomic mass is 16.6. The van der Waals surface area contributed by atoms with E-state index in [1.165, 1.54) is 11.6 Å². The first-order chi connectivity index (χ1) is 14.5. The Morgan fingerprint density at radius 2 is 1.83 bits per heavy atom. The largest absolute Gasteiger partial charge is 0.324 e. The Morgan fingerprint density at radius 1 is 1.13 bits per heavy atom. The highest BCUT2D eigenvalue weighted by Crippen LogP contribution is 2.25. The lowest BCUT2D eigenvalue weighted by molar-refractivity contribution is -0.385. The van der Waals surface area contributed by atoms with Crippen LogP contribution in [-0.4, -0.2) is 53.4 Å². The molecule has 1 N–H and O–H groups in total. The van der Waals surface area contributed by atoms with Crippen LogP contribution < -0.4 is 5.32 Å². The van der Waals surface area contributed by atoms with Crippen molar-refractivity contribution in [1.29, 1.82) is 5.26 Å². The molecule has 1 saturated heterocycles. The Morgan fingerprint density at radius 3 is 2.53 bits per heavy atom. The maximum absolute atomic E-state index is 12.5. The van der Waals surface area contributed by atoms with Crippen molar-refractivity contribution in [2.75, 3.05) is 38.0 Å². The lowest BCUT2D eigenvalue weighted by Crippen LogP contribution is -2.36. The molecule has 0 aliphatic carbocycles. The number of hydrogen-bond donors (Lipinski definition) is 1. The van der Waals surface area contributed by atoms with Crippen molar-refractivity contribution in [1.82, 2.24) is 9.80 Å². The maximum Gasteiger partial charge on any atom is 0.274 e. The highest BCUT2D eigenvalue weighted by Gasteiger charge is 2.19. The fraction of sp³-hybridized carbons (Fsp3) is 0.364. The Bertz CT molecular complexity index is 952. The average molecular weight is 407 g/mol. The van der Waals surface area contributed by atoms with Gasteiger partial charge in [-0.3, -0.25) is 24.7 Å². The Kier molecular flexibility index (Phi) is 7.12. The second-order valence-corrected chi connectivity index (χ2v) is 7.47. The normalized spacial score (nSPS) is 15.2. The maximum atomic E-state index is 12.5. The van der Waals surface area contributed by atoms with Crippen LogP contribution in [0, 0.1) is 28.4 Å². The van der Waals surface area contributed by atoms with E-state index in [-0.39, 0.29) is 18.1 Å². The van der Waals surface area contributed by atoms with Crippen molar-refractivity contribution in [2.45, 2.75) is 19.9 Å². The standard InChI is InChI=1S/C22H25N5O3/c1-17-20(4-2-5-21(17)27(29)30)24-22(28)16-26-11-3-10-25(12-13-26)15-19-8-6-18(14-23)7-9-19/h2,4-9H,3,10-13,15-16H2,1H3,(H,24,28). The fourth-order valence-electron chi connectivity index (χ4n) is 3.63. The summed E-state index contributed by atoms with van der Waals surface area (Å²) in [6.07, 6.45) is 0.958. The van der Waals surface area contributed by atoms with Crippen LogP contribution in [0.4, 0.5) is 11.4 Å². The predicted molar refractivity (Wildman–Crippen MR) is 114 cm³/mol. The van der Waals surface area contributed by atoms with Crippen molar-refractivity contribution >= 4 is 17.3 Å². The zero-order valence-electron chi connectivity index (χ0n) is 17.0. The fourth-order valence-corrected chi connectivity index (χ4v) is 3.63. The molecule has 2 aromatic carbocycles. The van der Waals surface area contributed by atoms with E-state index in [4.69, 9.17) is 5.26 Å². The molecule has 0 atom stereocenters. The summed E-state index contributed by atoms with van der Waals surface area (Å²) < 4.78 is 0. The molecule has 30 heavy (non-hydrogen) atoms. The minimum Gasteiger partial charge on any atom is -0.324 e. The SMILES string of the molecule is Cc1c(NC(=O)CN2CCCN(Cc3ccc(C#N)cc3)CC2)cccc1[N+](=O)[O-]. The molecule has 1 aliphatic rings. The molecule has 8 nitrogen and oxygen atoms in total. The van der Waals surface area contributed by atoms with E-state index < -0.39 is 4.92 Å². The summed E-state index contributed by atoms with van der Waals surface area (Å²) in [5, 5.41) is 22.8. The lowest BCUT2D eigenvalue weighted by atomic mass is 10.1. The number of nitro groups is 1. The number of carbonyl (C=O) groups is 1. The topological polar surface area (TPSA) is 103 Å². The molecule has 0 bridgehead atoms. The van der Waals surface area contributed by atoms with Gasteiger partial charge in [0, 0.05) is 25.7 Å². The molecule has 0 aromatic heterocycles. The molecule has 1 amide bonds. The second kappa shape index (κ2) is 9.96. The van der Waals surface area contributed by atoms with E-state index >= 15 is 0 Å². The summed E-state index contributed by atoms with van der Waals surface area (Å²) in [5.74, 6) is -0.167. The molecular formula is C22H25N5O3. The van der Waals surface area contributed by atoms with E-state index in [0.29, 0.717) is 16.8 Å². The Labute approximate surface area is 175 Å². The van der Waals surface area contributed by atoms with Crippen LogP contribution >= 0.6 is 0 Å².